The predicted octanol–water partition coefficient (Wildman–Crippen LogP) is 4.13. The summed E-state index contributed by atoms with van der Waals surface area (Å²) in [7, 11) is 0. The third-order valence-corrected chi connectivity index (χ3v) is 4.93. The molecule has 1 aliphatic heterocycles. The van der Waals surface area contributed by atoms with Gasteiger partial charge in [0.2, 0.25) is 5.91 Å². The Hall–Kier alpha value is -1.78. The number of likely N-dealkylation sites (tertiary alicyclic amines) is 1. The quantitative estimate of drug-likeness (QED) is 0.807. The van der Waals surface area contributed by atoms with Gasteiger partial charge in [0.25, 0.3) is 0 Å². The Balaban J connectivity index is 1.54. The topological polar surface area (TPSA) is 45.5 Å². The maximum Gasteiger partial charge on any atom is 0.220 e. The number of carbonyl (C=O) groups is 1. The van der Waals surface area contributed by atoms with E-state index in [-0.39, 0.29) is 11.9 Å². The smallest absolute Gasteiger partial charge is 0.220 e. The van der Waals surface area contributed by atoms with Crippen LogP contribution < -0.4 is 5.32 Å². The van der Waals surface area contributed by atoms with Crippen molar-refractivity contribution >= 4 is 17.5 Å². The van der Waals surface area contributed by atoms with Gasteiger partial charge in [0.1, 0.15) is 11.5 Å². The zero-order chi connectivity index (χ0) is 17.6. The van der Waals surface area contributed by atoms with Crippen LogP contribution in [0.3, 0.4) is 0 Å². The molecule has 1 aromatic carbocycles. The Bertz CT molecular complexity index is 707. The molecule has 1 aliphatic rings. The van der Waals surface area contributed by atoms with Crippen molar-refractivity contribution in [3.8, 4) is 0 Å². The molecule has 1 aromatic heterocycles. The fourth-order valence-electron chi connectivity index (χ4n) is 3.34. The monoisotopic (exact) mass is 360 g/mol. The van der Waals surface area contributed by atoms with Crippen molar-refractivity contribution in [3.05, 3.63) is 58.5 Å². The summed E-state index contributed by atoms with van der Waals surface area (Å²) >= 11 is 5.99. The number of carbonyl (C=O) groups excluding carboxylic acids is 1. The largest absolute Gasteiger partial charge is 0.465 e. The van der Waals surface area contributed by atoms with Gasteiger partial charge < -0.3 is 9.73 Å². The molecular formula is C20H25ClN2O2. The second kappa shape index (κ2) is 8.54. The average Bonchev–Trinajstić information content (AvgIpc) is 3.26. The van der Waals surface area contributed by atoms with Crippen molar-refractivity contribution in [2.75, 3.05) is 19.6 Å². The minimum atomic E-state index is 0.0625. The molecule has 2 heterocycles. The lowest BCUT2D eigenvalue weighted by atomic mass is 10.1. The number of nitrogens with zero attached hydrogens (tertiary/aromatic N) is 1. The van der Waals surface area contributed by atoms with E-state index in [1.165, 1.54) is 12.8 Å². The van der Waals surface area contributed by atoms with Crippen LogP contribution in [0.25, 0.3) is 0 Å². The molecule has 0 spiro atoms. The summed E-state index contributed by atoms with van der Waals surface area (Å²) in [6.45, 7) is 4.65. The number of furan rings is 1. The molecule has 1 unspecified atom stereocenters. The molecule has 1 atom stereocenters. The van der Waals surface area contributed by atoms with Crippen molar-refractivity contribution < 1.29 is 9.21 Å². The van der Waals surface area contributed by atoms with Crippen molar-refractivity contribution in [1.29, 1.82) is 0 Å². The van der Waals surface area contributed by atoms with Crippen molar-refractivity contribution in [2.24, 2.45) is 0 Å². The van der Waals surface area contributed by atoms with Crippen LogP contribution in [-0.2, 0) is 11.2 Å². The number of rotatable bonds is 7. The highest BCUT2D eigenvalue weighted by molar-refractivity contribution is 6.30. The number of nitrogens with one attached hydrogen (secondary N) is 1. The van der Waals surface area contributed by atoms with Gasteiger partial charge in [-0.2, -0.15) is 0 Å². The lowest BCUT2D eigenvalue weighted by molar-refractivity contribution is -0.121. The van der Waals surface area contributed by atoms with E-state index in [1.807, 2.05) is 43.3 Å². The van der Waals surface area contributed by atoms with Gasteiger partial charge >= 0.3 is 0 Å². The van der Waals surface area contributed by atoms with E-state index in [0.29, 0.717) is 24.4 Å². The number of amides is 1. The summed E-state index contributed by atoms with van der Waals surface area (Å²) < 4.78 is 5.83. The van der Waals surface area contributed by atoms with Gasteiger partial charge in [0.15, 0.2) is 0 Å². The van der Waals surface area contributed by atoms with Crippen molar-refractivity contribution in [1.82, 2.24) is 10.2 Å². The van der Waals surface area contributed by atoms with E-state index in [1.54, 1.807) is 0 Å². The lowest BCUT2D eigenvalue weighted by Gasteiger charge is -2.26. The highest BCUT2D eigenvalue weighted by atomic mass is 35.5. The summed E-state index contributed by atoms with van der Waals surface area (Å²) in [6.07, 6.45) is 3.57. The maximum atomic E-state index is 12.3. The second-order valence-corrected chi connectivity index (χ2v) is 7.08. The van der Waals surface area contributed by atoms with Crippen LogP contribution in [0.1, 0.15) is 42.4 Å². The molecule has 0 bridgehead atoms. The van der Waals surface area contributed by atoms with Crippen LogP contribution in [0.2, 0.25) is 5.02 Å². The molecule has 2 aromatic rings. The minimum absolute atomic E-state index is 0.0625. The highest BCUT2D eigenvalue weighted by Crippen LogP contribution is 2.26. The summed E-state index contributed by atoms with van der Waals surface area (Å²) in [6, 6.07) is 11.8. The van der Waals surface area contributed by atoms with E-state index in [0.717, 1.165) is 30.2 Å². The molecule has 1 fully saturated rings. The van der Waals surface area contributed by atoms with Gasteiger partial charge in [-0.05, 0) is 69.1 Å². The van der Waals surface area contributed by atoms with E-state index in [2.05, 4.69) is 10.2 Å². The first kappa shape index (κ1) is 18.0. The Morgan fingerprint density at radius 2 is 2.08 bits per heavy atom. The van der Waals surface area contributed by atoms with Gasteiger partial charge in [-0.3, -0.25) is 9.69 Å². The summed E-state index contributed by atoms with van der Waals surface area (Å²) in [4.78, 5) is 14.7. The van der Waals surface area contributed by atoms with Crippen molar-refractivity contribution in [2.45, 2.75) is 38.6 Å². The first-order valence-corrected chi connectivity index (χ1v) is 9.31. The van der Waals surface area contributed by atoms with Crippen LogP contribution in [0.5, 0.6) is 0 Å². The molecule has 0 aliphatic carbocycles. The Kier molecular flexibility index (Phi) is 6.16. The van der Waals surface area contributed by atoms with Crippen LogP contribution in [0.4, 0.5) is 0 Å². The van der Waals surface area contributed by atoms with Gasteiger partial charge in [0, 0.05) is 18.0 Å². The normalized spacial score (nSPS) is 16.1. The third-order valence-electron chi connectivity index (χ3n) is 4.69. The molecule has 0 radical (unpaired) electrons. The van der Waals surface area contributed by atoms with Crippen LogP contribution in [0.15, 0.2) is 40.8 Å². The first-order chi connectivity index (χ1) is 12.1. The lowest BCUT2D eigenvalue weighted by Crippen LogP contribution is -2.36. The maximum absolute atomic E-state index is 12.3. The molecular weight excluding hydrogens is 336 g/mol. The van der Waals surface area contributed by atoms with E-state index in [4.69, 9.17) is 16.0 Å². The third kappa shape index (κ3) is 5.10. The second-order valence-electron chi connectivity index (χ2n) is 6.64. The average molecular weight is 361 g/mol. The summed E-state index contributed by atoms with van der Waals surface area (Å²) in [5, 5.41) is 3.79. The minimum Gasteiger partial charge on any atom is -0.465 e. The Morgan fingerprint density at radius 3 is 2.76 bits per heavy atom. The molecule has 25 heavy (non-hydrogen) atoms. The Morgan fingerprint density at radius 1 is 1.28 bits per heavy atom. The predicted molar refractivity (Wildman–Crippen MR) is 99.8 cm³/mol. The number of aryl methyl sites for hydroxylation is 2. The van der Waals surface area contributed by atoms with E-state index < -0.39 is 0 Å². The number of halogens is 1. The Labute approximate surface area is 154 Å². The molecule has 4 nitrogen and oxygen atoms in total. The zero-order valence-electron chi connectivity index (χ0n) is 14.6. The van der Waals surface area contributed by atoms with Gasteiger partial charge in [-0.1, -0.05) is 23.7 Å². The number of benzene rings is 1. The fraction of sp³-hybridized carbons (Fsp3) is 0.450. The van der Waals surface area contributed by atoms with Crippen LogP contribution in [-0.4, -0.2) is 30.4 Å². The number of hydrogen-bond donors (Lipinski definition) is 1. The fourth-order valence-corrected chi connectivity index (χ4v) is 3.56. The molecule has 5 heteroatoms. The summed E-state index contributed by atoms with van der Waals surface area (Å²) in [5.74, 6) is 1.91. The molecule has 0 saturated carbocycles. The zero-order valence-corrected chi connectivity index (χ0v) is 15.4. The highest BCUT2D eigenvalue weighted by Gasteiger charge is 2.26. The van der Waals surface area contributed by atoms with Gasteiger partial charge in [0.05, 0.1) is 6.04 Å². The van der Waals surface area contributed by atoms with Gasteiger partial charge in [-0.15, -0.1) is 0 Å². The van der Waals surface area contributed by atoms with Gasteiger partial charge in [-0.25, -0.2) is 0 Å². The SMILES string of the molecule is Cc1ccc(C(CNC(=O)CCc2cccc(Cl)c2)N2CCCC2)o1. The number of hydrogen-bond acceptors (Lipinski definition) is 3. The van der Waals surface area contributed by atoms with Crippen LogP contribution >= 0.6 is 11.6 Å². The molecule has 1 amide bonds. The molecule has 1 saturated heterocycles. The first-order valence-electron chi connectivity index (χ1n) is 8.93. The van der Waals surface area contributed by atoms with E-state index in [9.17, 15) is 4.79 Å². The van der Waals surface area contributed by atoms with Crippen molar-refractivity contribution in [3.63, 3.8) is 0 Å². The summed E-state index contributed by atoms with van der Waals surface area (Å²) in [5.41, 5.74) is 1.08. The molecule has 134 valence electrons. The molecule has 3 rings (SSSR count). The standard InChI is InChI=1S/C20H25ClN2O2/c1-15-7-9-19(25-15)18(23-11-2-3-12-23)14-22-20(24)10-8-16-5-4-6-17(21)13-16/h4-7,9,13,18H,2-3,8,10-12,14H2,1H3,(H,22,24). The van der Waals surface area contributed by atoms with E-state index >= 15 is 0 Å². The van der Waals surface area contributed by atoms with Crippen LogP contribution in [0, 0.1) is 6.92 Å². The molecule has 1 N–H and O–H groups in total.